The Bertz CT molecular complexity index is 547. The summed E-state index contributed by atoms with van der Waals surface area (Å²) in [5.41, 5.74) is 0. The lowest BCUT2D eigenvalue weighted by Crippen LogP contribution is -2.42. The molecular formula is C17H25NO4S. The number of carbonyl (C=O) groups is 2. The molecule has 0 radical (unpaired) electrons. The van der Waals surface area contributed by atoms with Crippen molar-refractivity contribution in [3.05, 3.63) is 11.4 Å². The van der Waals surface area contributed by atoms with Gasteiger partial charge in [0.25, 0.3) is 0 Å². The Morgan fingerprint density at radius 1 is 1.26 bits per heavy atom. The Balaban J connectivity index is 2.20. The Kier molecular flexibility index (Phi) is 6.04. The van der Waals surface area contributed by atoms with Crippen molar-refractivity contribution in [1.29, 1.82) is 0 Å². The third-order valence-corrected chi connectivity index (χ3v) is 5.20. The number of hydrogen-bond acceptors (Lipinski definition) is 5. The molecule has 2 rings (SSSR count). The third kappa shape index (κ3) is 4.25. The highest BCUT2D eigenvalue weighted by molar-refractivity contribution is 7.14. The van der Waals surface area contributed by atoms with Crippen LogP contribution < -0.4 is 9.64 Å². The van der Waals surface area contributed by atoms with Gasteiger partial charge in [-0.3, -0.25) is 9.69 Å². The first-order valence-electron chi connectivity index (χ1n) is 8.10. The van der Waals surface area contributed by atoms with Gasteiger partial charge in [0.1, 0.15) is 5.00 Å². The van der Waals surface area contributed by atoms with Gasteiger partial charge in [0.05, 0.1) is 7.11 Å². The maximum atomic E-state index is 13.0. The summed E-state index contributed by atoms with van der Waals surface area (Å²) in [6.07, 6.45) is 3.28. The van der Waals surface area contributed by atoms with Crippen LogP contribution in [-0.4, -0.2) is 25.2 Å². The lowest BCUT2D eigenvalue weighted by atomic mass is 9.82. The second-order valence-electron chi connectivity index (χ2n) is 6.40. The van der Waals surface area contributed by atoms with E-state index in [4.69, 9.17) is 4.74 Å². The lowest BCUT2D eigenvalue weighted by molar-refractivity contribution is -0.123. The van der Waals surface area contributed by atoms with Crippen molar-refractivity contribution in [2.75, 3.05) is 12.0 Å². The lowest BCUT2D eigenvalue weighted by Gasteiger charge is -2.33. The molecule has 6 heteroatoms. The Morgan fingerprint density at radius 3 is 2.48 bits per heavy atom. The molecule has 128 valence electrons. The van der Waals surface area contributed by atoms with Crippen LogP contribution in [0.2, 0.25) is 0 Å². The van der Waals surface area contributed by atoms with Gasteiger partial charge in [0.2, 0.25) is 5.91 Å². The van der Waals surface area contributed by atoms with Crippen LogP contribution in [0.3, 0.4) is 0 Å². The van der Waals surface area contributed by atoms with E-state index in [0.717, 1.165) is 25.7 Å². The standard InChI is InChI=1S/C17H25NO4S/c1-11(2)18(15(19)13-7-5-12(3)6-8-13)16-14(9-10-23-16)22-17(20)21-4/h9-13H,5-8H2,1-4H3. The Hall–Kier alpha value is -1.56. The maximum Gasteiger partial charge on any atom is 0.513 e. The molecule has 0 bridgehead atoms. The molecule has 0 aromatic carbocycles. The molecule has 1 aromatic rings. The molecule has 0 spiro atoms. The number of methoxy groups -OCH3 is 1. The predicted molar refractivity (Wildman–Crippen MR) is 91.1 cm³/mol. The molecule has 0 atom stereocenters. The summed E-state index contributed by atoms with van der Waals surface area (Å²) in [5.74, 6) is 1.27. The van der Waals surface area contributed by atoms with E-state index in [1.807, 2.05) is 19.2 Å². The molecule has 1 saturated carbocycles. The third-order valence-electron chi connectivity index (χ3n) is 4.31. The number of rotatable bonds is 4. The highest BCUT2D eigenvalue weighted by Crippen LogP contribution is 2.39. The summed E-state index contributed by atoms with van der Waals surface area (Å²) in [5, 5.41) is 2.49. The first-order valence-corrected chi connectivity index (χ1v) is 8.98. The summed E-state index contributed by atoms with van der Waals surface area (Å²) in [4.78, 5) is 26.2. The van der Waals surface area contributed by atoms with Gasteiger partial charge in [-0.15, -0.1) is 11.3 Å². The van der Waals surface area contributed by atoms with E-state index in [0.29, 0.717) is 16.7 Å². The van der Waals surface area contributed by atoms with E-state index in [2.05, 4.69) is 11.7 Å². The van der Waals surface area contributed by atoms with E-state index in [9.17, 15) is 9.59 Å². The van der Waals surface area contributed by atoms with Gasteiger partial charge < -0.3 is 9.47 Å². The van der Waals surface area contributed by atoms with Crippen LogP contribution in [0, 0.1) is 11.8 Å². The number of nitrogens with zero attached hydrogens (tertiary/aromatic N) is 1. The number of hydrogen-bond donors (Lipinski definition) is 0. The number of thiophene rings is 1. The van der Waals surface area contributed by atoms with Crippen LogP contribution in [0.15, 0.2) is 11.4 Å². The van der Waals surface area contributed by atoms with Gasteiger partial charge in [-0.05, 0) is 56.9 Å². The number of anilines is 1. The van der Waals surface area contributed by atoms with E-state index in [-0.39, 0.29) is 17.9 Å². The smallest absolute Gasteiger partial charge is 0.437 e. The molecule has 1 fully saturated rings. The zero-order valence-corrected chi connectivity index (χ0v) is 15.0. The summed E-state index contributed by atoms with van der Waals surface area (Å²) < 4.78 is 9.72. The zero-order valence-electron chi connectivity index (χ0n) is 14.2. The monoisotopic (exact) mass is 339 g/mol. The van der Waals surface area contributed by atoms with Crippen LogP contribution >= 0.6 is 11.3 Å². The van der Waals surface area contributed by atoms with E-state index in [1.54, 1.807) is 11.0 Å². The average Bonchev–Trinajstić information content (AvgIpc) is 2.95. The molecule has 0 aliphatic heterocycles. The normalized spacial score (nSPS) is 21.1. The quantitative estimate of drug-likeness (QED) is 0.760. The minimum atomic E-state index is -0.771. The van der Waals surface area contributed by atoms with Gasteiger partial charge in [0, 0.05) is 12.0 Å². The Labute approximate surface area is 141 Å². The highest BCUT2D eigenvalue weighted by Gasteiger charge is 2.32. The van der Waals surface area contributed by atoms with Gasteiger partial charge >= 0.3 is 6.16 Å². The summed E-state index contributed by atoms with van der Waals surface area (Å²) in [7, 11) is 1.27. The van der Waals surface area contributed by atoms with Gasteiger partial charge in [-0.25, -0.2) is 4.79 Å². The fraction of sp³-hybridized carbons (Fsp3) is 0.647. The van der Waals surface area contributed by atoms with Crippen molar-refractivity contribution in [2.45, 2.75) is 52.5 Å². The molecule has 1 aliphatic carbocycles. The second kappa shape index (κ2) is 7.81. The molecule has 0 unspecified atom stereocenters. The van der Waals surface area contributed by atoms with E-state index in [1.165, 1.54) is 18.4 Å². The van der Waals surface area contributed by atoms with Gasteiger partial charge in [-0.2, -0.15) is 0 Å². The minimum Gasteiger partial charge on any atom is -0.437 e. The fourth-order valence-corrected chi connectivity index (χ4v) is 3.93. The predicted octanol–water partition coefficient (Wildman–Crippen LogP) is 4.46. The summed E-state index contributed by atoms with van der Waals surface area (Å²) in [6.45, 7) is 6.19. The van der Waals surface area contributed by atoms with Crippen molar-refractivity contribution < 1.29 is 19.1 Å². The zero-order chi connectivity index (χ0) is 17.0. The van der Waals surface area contributed by atoms with E-state index < -0.39 is 6.16 Å². The maximum absolute atomic E-state index is 13.0. The average molecular weight is 339 g/mol. The molecule has 1 amide bonds. The van der Waals surface area contributed by atoms with Gasteiger partial charge in [-0.1, -0.05) is 6.92 Å². The second-order valence-corrected chi connectivity index (χ2v) is 7.30. The summed E-state index contributed by atoms with van der Waals surface area (Å²) in [6, 6.07) is 1.70. The molecule has 1 aliphatic rings. The van der Waals surface area contributed by atoms with Crippen molar-refractivity contribution in [3.63, 3.8) is 0 Å². The molecule has 1 heterocycles. The molecule has 5 nitrogen and oxygen atoms in total. The van der Waals surface area contributed by atoms with Crippen molar-refractivity contribution in [2.24, 2.45) is 11.8 Å². The SMILES string of the molecule is COC(=O)Oc1ccsc1N(C(=O)C1CCC(C)CC1)C(C)C. The summed E-state index contributed by atoms with van der Waals surface area (Å²) >= 11 is 1.40. The Morgan fingerprint density at radius 2 is 1.91 bits per heavy atom. The van der Waals surface area contributed by atoms with Crippen molar-refractivity contribution in [3.8, 4) is 5.75 Å². The molecule has 0 saturated heterocycles. The molecule has 1 aromatic heterocycles. The van der Waals surface area contributed by atoms with Crippen LogP contribution in [0.1, 0.15) is 46.5 Å². The van der Waals surface area contributed by atoms with Crippen molar-refractivity contribution in [1.82, 2.24) is 0 Å². The number of ether oxygens (including phenoxy) is 2. The van der Waals surface area contributed by atoms with Gasteiger partial charge in [0.15, 0.2) is 5.75 Å². The van der Waals surface area contributed by atoms with Crippen LogP contribution in [-0.2, 0) is 9.53 Å². The topological polar surface area (TPSA) is 55.8 Å². The van der Waals surface area contributed by atoms with E-state index >= 15 is 0 Å². The number of carbonyl (C=O) groups excluding carboxylic acids is 2. The number of amides is 1. The molecule has 23 heavy (non-hydrogen) atoms. The first-order chi connectivity index (χ1) is 10.9. The highest BCUT2D eigenvalue weighted by atomic mass is 32.1. The van der Waals surface area contributed by atoms with Crippen LogP contribution in [0.4, 0.5) is 9.80 Å². The molecular weight excluding hydrogens is 314 g/mol. The first kappa shape index (κ1) is 17.8. The minimum absolute atomic E-state index is 0.000460. The fourth-order valence-electron chi connectivity index (χ4n) is 2.97. The largest absolute Gasteiger partial charge is 0.513 e. The van der Waals surface area contributed by atoms with Crippen LogP contribution in [0.5, 0.6) is 5.75 Å². The van der Waals surface area contributed by atoms with Crippen LogP contribution in [0.25, 0.3) is 0 Å². The van der Waals surface area contributed by atoms with Crippen molar-refractivity contribution >= 4 is 28.4 Å². The molecule has 0 N–H and O–H groups in total.